The molecule has 0 saturated carbocycles. The van der Waals surface area contributed by atoms with Crippen molar-refractivity contribution in [2.24, 2.45) is 0 Å². The van der Waals surface area contributed by atoms with Gasteiger partial charge in [-0.15, -0.1) is 0 Å². The molecular weight excluding hydrogens is 821 g/mol. The van der Waals surface area contributed by atoms with E-state index in [1.54, 1.807) is 0 Å². The van der Waals surface area contributed by atoms with E-state index >= 15 is 0 Å². The molecule has 2 heterocycles. The summed E-state index contributed by atoms with van der Waals surface area (Å²) < 4.78 is 4.86. The second-order valence-corrected chi connectivity index (χ2v) is 17.7. The first-order chi connectivity index (χ1) is 33.7. The Morgan fingerprint density at radius 3 is 1.16 bits per heavy atom. The van der Waals surface area contributed by atoms with Crippen LogP contribution in [0, 0.1) is 0 Å². The van der Waals surface area contributed by atoms with Crippen molar-refractivity contribution >= 4 is 43.6 Å². The number of aromatic nitrogens is 2. The minimum Gasteiger partial charge on any atom is -0.309 e. The summed E-state index contributed by atoms with van der Waals surface area (Å²) in [5.74, 6) is 0. The molecule has 2 heteroatoms. The molecular formula is C66H44N2. The Bertz CT molecular complexity index is 3810. The monoisotopic (exact) mass is 864 g/mol. The van der Waals surface area contributed by atoms with Crippen LogP contribution in [0.4, 0.5) is 0 Å². The molecule has 0 bridgehead atoms. The Morgan fingerprint density at radius 1 is 0.206 bits per heavy atom. The Hall–Kier alpha value is -8.98. The van der Waals surface area contributed by atoms with Crippen LogP contribution in [0.2, 0.25) is 0 Å². The molecule has 68 heavy (non-hydrogen) atoms. The molecule has 0 spiro atoms. The summed E-state index contributed by atoms with van der Waals surface area (Å²) in [5.41, 5.74) is 21.5. The highest BCUT2D eigenvalue weighted by Crippen LogP contribution is 2.42. The molecule has 0 atom stereocenters. The van der Waals surface area contributed by atoms with Gasteiger partial charge in [0.2, 0.25) is 0 Å². The van der Waals surface area contributed by atoms with Gasteiger partial charge in [-0.1, -0.05) is 212 Å². The van der Waals surface area contributed by atoms with Crippen LogP contribution in [-0.2, 0) is 0 Å². The number of nitrogens with zero attached hydrogens (tertiary/aromatic N) is 2. The summed E-state index contributed by atoms with van der Waals surface area (Å²) in [6.07, 6.45) is 0. The third-order valence-corrected chi connectivity index (χ3v) is 13.8. The number of benzene rings is 11. The maximum absolute atomic E-state index is 2.47. The predicted octanol–water partition coefficient (Wildman–Crippen LogP) is 17.9. The molecule has 0 aliphatic rings. The van der Waals surface area contributed by atoms with Gasteiger partial charge in [0.05, 0.1) is 27.8 Å². The van der Waals surface area contributed by atoms with Crippen molar-refractivity contribution in [3.63, 3.8) is 0 Å². The van der Waals surface area contributed by atoms with Crippen molar-refractivity contribution in [3.05, 3.63) is 267 Å². The summed E-state index contributed by atoms with van der Waals surface area (Å²) in [4.78, 5) is 0. The summed E-state index contributed by atoms with van der Waals surface area (Å²) in [7, 11) is 0. The van der Waals surface area contributed by atoms with E-state index in [2.05, 4.69) is 276 Å². The van der Waals surface area contributed by atoms with Crippen LogP contribution in [-0.4, -0.2) is 9.13 Å². The lowest BCUT2D eigenvalue weighted by Crippen LogP contribution is -1.97. The highest BCUT2D eigenvalue weighted by atomic mass is 15.0. The summed E-state index contributed by atoms with van der Waals surface area (Å²) >= 11 is 0. The first kappa shape index (κ1) is 39.4. The zero-order valence-electron chi connectivity index (χ0n) is 37.3. The van der Waals surface area contributed by atoms with Crippen molar-refractivity contribution in [3.8, 4) is 78.1 Å². The van der Waals surface area contributed by atoms with Crippen molar-refractivity contribution in [1.29, 1.82) is 0 Å². The molecule has 0 unspecified atom stereocenters. The molecule has 0 aliphatic heterocycles. The highest BCUT2D eigenvalue weighted by Gasteiger charge is 2.19. The Labute approximate surface area is 395 Å². The first-order valence-electron chi connectivity index (χ1n) is 23.4. The molecule has 318 valence electrons. The number of hydrogen-bond acceptors (Lipinski definition) is 0. The molecule has 0 aliphatic carbocycles. The zero-order chi connectivity index (χ0) is 45.0. The fraction of sp³-hybridized carbons (Fsp3) is 0. The zero-order valence-corrected chi connectivity index (χ0v) is 37.3. The van der Waals surface area contributed by atoms with Crippen LogP contribution in [0.1, 0.15) is 0 Å². The van der Waals surface area contributed by atoms with Crippen LogP contribution in [0.3, 0.4) is 0 Å². The van der Waals surface area contributed by atoms with Crippen LogP contribution < -0.4 is 0 Å². The fourth-order valence-electron chi connectivity index (χ4n) is 10.5. The number of fused-ring (bicyclic) bond motifs is 6. The van der Waals surface area contributed by atoms with E-state index in [4.69, 9.17) is 0 Å². The maximum Gasteiger partial charge on any atom is 0.0547 e. The van der Waals surface area contributed by atoms with Crippen LogP contribution >= 0.6 is 0 Å². The molecule has 2 aromatic heterocycles. The van der Waals surface area contributed by atoms with E-state index in [0.29, 0.717) is 0 Å². The van der Waals surface area contributed by atoms with Gasteiger partial charge in [0.15, 0.2) is 0 Å². The van der Waals surface area contributed by atoms with Gasteiger partial charge in [0, 0.05) is 32.8 Å². The van der Waals surface area contributed by atoms with Gasteiger partial charge >= 0.3 is 0 Å². The lowest BCUT2D eigenvalue weighted by atomic mass is 9.96. The van der Waals surface area contributed by atoms with Crippen LogP contribution in [0.15, 0.2) is 267 Å². The van der Waals surface area contributed by atoms with E-state index in [1.165, 1.54) is 110 Å². The molecule has 13 rings (SSSR count). The molecule has 0 saturated heterocycles. The molecule has 0 fully saturated rings. The third-order valence-electron chi connectivity index (χ3n) is 13.8. The smallest absolute Gasteiger partial charge is 0.0547 e. The molecule has 2 nitrogen and oxygen atoms in total. The molecule has 0 radical (unpaired) electrons. The molecule has 0 N–H and O–H groups in total. The van der Waals surface area contributed by atoms with E-state index in [-0.39, 0.29) is 0 Å². The Kier molecular flexibility index (Phi) is 9.54. The topological polar surface area (TPSA) is 9.86 Å². The second kappa shape index (κ2) is 16.5. The normalized spacial score (nSPS) is 11.5. The maximum atomic E-state index is 2.47. The van der Waals surface area contributed by atoms with Gasteiger partial charge < -0.3 is 9.13 Å². The van der Waals surface area contributed by atoms with Crippen LogP contribution in [0.5, 0.6) is 0 Å². The summed E-state index contributed by atoms with van der Waals surface area (Å²) in [6.45, 7) is 0. The van der Waals surface area contributed by atoms with Gasteiger partial charge in [-0.05, 0) is 116 Å². The number of rotatable bonds is 8. The van der Waals surface area contributed by atoms with Gasteiger partial charge in [0.25, 0.3) is 0 Å². The van der Waals surface area contributed by atoms with Crippen molar-refractivity contribution in [2.75, 3.05) is 0 Å². The quantitative estimate of drug-likeness (QED) is 0.144. The number of para-hydroxylation sites is 3. The lowest BCUT2D eigenvalue weighted by molar-refractivity contribution is 1.18. The van der Waals surface area contributed by atoms with E-state index in [0.717, 1.165) is 11.4 Å². The van der Waals surface area contributed by atoms with Gasteiger partial charge in [-0.3, -0.25) is 0 Å². The lowest BCUT2D eigenvalue weighted by Gasteiger charge is -2.15. The standard InChI is InChI=1S/C66H44N2/c1-4-15-45(16-5-1)47-27-31-49(32-28-47)53-39-41-63-59(43-53)60-44-54(50-33-29-48(30-34-50)46-17-6-2-7-18-46)40-42-64(60)68(63)61-24-12-10-21-56(61)51-35-37-52(38-36-51)57-23-14-26-65-66(57)58-22-11-13-25-62(58)67(65)55-19-8-3-9-20-55/h1-44H. The van der Waals surface area contributed by atoms with Crippen molar-refractivity contribution in [1.82, 2.24) is 9.13 Å². The van der Waals surface area contributed by atoms with Crippen LogP contribution in [0.25, 0.3) is 122 Å². The predicted molar refractivity (Wildman–Crippen MR) is 288 cm³/mol. The van der Waals surface area contributed by atoms with Gasteiger partial charge in [0.1, 0.15) is 0 Å². The largest absolute Gasteiger partial charge is 0.309 e. The number of hydrogen-bond donors (Lipinski definition) is 0. The van der Waals surface area contributed by atoms with Gasteiger partial charge in [-0.25, -0.2) is 0 Å². The SMILES string of the molecule is c1ccc(-c2ccc(-c3ccc4c(c3)c3cc(-c5ccc(-c6ccccc6)cc5)ccc3n4-c3ccccc3-c3ccc(-c4cccc5c4c4ccccc4n5-c4ccccc4)cc3)cc2)cc1. The first-order valence-corrected chi connectivity index (χ1v) is 23.4. The minimum absolute atomic E-state index is 1.15. The Morgan fingerprint density at radius 2 is 0.588 bits per heavy atom. The summed E-state index contributed by atoms with van der Waals surface area (Å²) in [5, 5.41) is 4.96. The highest BCUT2D eigenvalue weighted by molar-refractivity contribution is 6.16. The van der Waals surface area contributed by atoms with Gasteiger partial charge in [-0.2, -0.15) is 0 Å². The molecule has 13 aromatic rings. The van der Waals surface area contributed by atoms with Crippen molar-refractivity contribution in [2.45, 2.75) is 0 Å². The Balaban J connectivity index is 0.933. The average molecular weight is 865 g/mol. The van der Waals surface area contributed by atoms with Crippen molar-refractivity contribution < 1.29 is 0 Å². The van der Waals surface area contributed by atoms with E-state index in [9.17, 15) is 0 Å². The summed E-state index contributed by atoms with van der Waals surface area (Å²) in [6, 6.07) is 97.4. The second-order valence-electron chi connectivity index (χ2n) is 17.7. The van der Waals surface area contributed by atoms with E-state index in [1.807, 2.05) is 0 Å². The van der Waals surface area contributed by atoms with E-state index < -0.39 is 0 Å². The average Bonchev–Trinajstić information content (AvgIpc) is 3.94. The minimum atomic E-state index is 1.15. The molecule has 0 amide bonds. The fourth-order valence-corrected chi connectivity index (χ4v) is 10.5. The molecule has 11 aromatic carbocycles. The third kappa shape index (κ3) is 6.73.